The third-order valence-electron chi connectivity index (χ3n) is 5.67. The molecular weight excluding hydrogens is 371 g/mol. The van der Waals surface area contributed by atoms with Crippen molar-refractivity contribution >= 4 is 17.5 Å². The summed E-state index contributed by atoms with van der Waals surface area (Å²) in [6.07, 6.45) is 4.05. The molecule has 2 aliphatic heterocycles. The second kappa shape index (κ2) is 9.17. The van der Waals surface area contributed by atoms with Gasteiger partial charge in [-0.05, 0) is 30.3 Å². The lowest BCUT2D eigenvalue weighted by Gasteiger charge is -2.37. The molecule has 1 aromatic carbocycles. The molecule has 0 atom stereocenters. The van der Waals surface area contributed by atoms with Gasteiger partial charge in [-0.25, -0.2) is 14.4 Å². The molecule has 0 N–H and O–H groups in total. The van der Waals surface area contributed by atoms with Gasteiger partial charge in [0, 0.05) is 83.4 Å². The number of nitrogens with zero attached hydrogens (tertiary/aromatic N) is 6. The fourth-order valence-corrected chi connectivity index (χ4v) is 3.90. The predicted molar refractivity (Wildman–Crippen MR) is 110 cm³/mol. The van der Waals surface area contributed by atoms with Gasteiger partial charge >= 0.3 is 0 Å². The molecule has 2 aliphatic rings. The van der Waals surface area contributed by atoms with Crippen LogP contribution in [0.2, 0.25) is 0 Å². The fraction of sp³-hybridized carbons (Fsp3) is 0.476. The van der Waals surface area contributed by atoms with Gasteiger partial charge in [0.05, 0.1) is 0 Å². The van der Waals surface area contributed by atoms with Crippen LogP contribution in [0.5, 0.6) is 0 Å². The SMILES string of the molecule is O=C(CCN1CCN(c2ccc(F)cc2)CC1)N1CCN(c2ncccn2)CC1. The van der Waals surface area contributed by atoms with Crippen LogP contribution in [0.3, 0.4) is 0 Å². The first-order chi connectivity index (χ1) is 14.2. The Balaban J connectivity index is 1.17. The number of aromatic nitrogens is 2. The van der Waals surface area contributed by atoms with Crippen LogP contribution in [-0.2, 0) is 4.79 Å². The lowest BCUT2D eigenvalue weighted by molar-refractivity contribution is -0.131. The lowest BCUT2D eigenvalue weighted by atomic mass is 10.2. The third-order valence-corrected chi connectivity index (χ3v) is 5.67. The number of carbonyl (C=O) groups is 1. The van der Waals surface area contributed by atoms with Crippen LogP contribution >= 0.6 is 0 Å². The van der Waals surface area contributed by atoms with Crippen molar-refractivity contribution in [1.82, 2.24) is 19.8 Å². The number of amides is 1. The van der Waals surface area contributed by atoms with Gasteiger partial charge in [0.2, 0.25) is 11.9 Å². The first kappa shape index (κ1) is 19.6. The molecular formula is C21H27FN6O. The van der Waals surface area contributed by atoms with Crippen molar-refractivity contribution in [2.24, 2.45) is 0 Å². The maximum absolute atomic E-state index is 13.1. The second-order valence-corrected chi connectivity index (χ2v) is 7.47. The zero-order valence-electron chi connectivity index (χ0n) is 16.6. The number of benzene rings is 1. The Morgan fingerprint density at radius 2 is 1.48 bits per heavy atom. The van der Waals surface area contributed by atoms with Crippen molar-refractivity contribution in [3.8, 4) is 0 Å². The molecule has 154 valence electrons. The lowest BCUT2D eigenvalue weighted by Crippen LogP contribution is -2.50. The number of rotatable bonds is 5. The molecule has 0 saturated carbocycles. The van der Waals surface area contributed by atoms with E-state index >= 15 is 0 Å². The van der Waals surface area contributed by atoms with E-state index in [1.54, 1.807) is 12.4 Å². The largest absolute Gasteiger partial charge is 0.369 e. The van der Waals surface area contributed by atoms with Gasteiger partial charge in [-0.15, -0.1) is 0 Å². The minimum absolute atomic E-state index is 0.206. The summed E-state index contributed by atoms with van der Waals surface area (Å²) < 4.78 is 13.1. The second-order valence-electron chi connectivity index (χ2n) is 7.47. The van der Waals surface area contributed by atoms with E-state index in [0.29, 0.717) is 6.42 Å². The Morgan fingerprint density at radius 1 is 0.862 bits per heavy atom. The van der Waals surface area contributed by atoms with Crippen molar-refractivity contribution in [2.75, 3.05) is 68.7 Å². The molecule has 0 aliphatic carbocycles. The van der Waals surface area contributed by atoms with Crippen LogP contribution in [-0.4, -0.2) is 84.6 Å². The summed E-state index contributed by atoms with van der Waals surface area (Å²) in [5, 5.41) is 0. The van der Waals surface area contributed by atoms with E-state index in [4.69, 9.17) is 0 Å². The minimum Gasteiger partial charge on any atom is -0.369 e. The van der Waals surface area contributed by atoms with Gasteiger partial charge in [0.1, 0.15) is 5.82 Å². The maximum atomic E-state index is 13.1. The molecule has 2 saturated heterocycles. The number of halogens is 1. The Labute approximate surface area is 170 Å². The van der Waals surface area contributed by atoms with Crippen molar-refractivity contribution in [3.63, 3.8) is 0 Å². The molecule has 8 heteroatoms. The predicted octanol–water partition coefficient (Wildman–Crippen LogP) is 1.48. The molecule has 3 heterocycles. The number of carbonyl (C=O) groups excluding carboxylic acids is 1. The van der Waals surface area contributed by atoms with Crippen LogP contribution in [0.15, 0.2) is 42.7 Å². The summed E-state index contributed by atoms with van der Waals surface area (Å²) in [7, 11) is 0. The smallest absolute Gasteiger partial charge is 0.225 e. The normalized spacial score (nSPS) is 18.2. The summed E-state index contributed by atoms with van der Waals surface area (Å²) >= 11 is 0. The first-order valence-corrected chi connectivity index (χ1v) is 10.2. The van der Waals surface area contributed by atoms with E-state index < -0.39 is 0 Å². The molecule has 2 fully saturated rings. The van der Waals surface area contributed by atoms with Crippen molar-refractivity contribution in [3.05, 3.63) is 48.5 Å². The van der Waals surface area contributed by atoms with Gasteiger partial charge in [0.15, 0.2) is 0 Å². The number of hydrogen-bond acceptors (Lipinski definition) is 6. The van der Waals surface area contributed by atoms with E-state index in [2.05, 4.69) is 24.7 Å². The Hall–Kier alpha value is -2.74. The highest BCUT2D eigenvalue weighted by Crippen LogP contribution is 2.17. The van der Waals surface area contributed by atoms with E-state index in [1.165, 1.54) is 12.1 Å². The van der Waals surface area contributed by atoms with Crippen molar-refractivity contribution in [1.29, 1.82) is 0 Å². The molecule has 0 unspecified atom stereocenters. The zero-order chi connectivity index (χ0) is 20.1. The van der Waals surface area contributed by atoms with Crippen LogP contribution in [0.25, 0.3) is 0 Å². The maximum Gasteiger partial charge on any atom is 0.225 e. The molecule has 29 heavy (non-hydrogen) atoms. The quantitative estimate of drug-likeness (QED) is 0.761. The molecule has 0 bridgehead atoms. The van der Waals surface area contributed by atoms with Crippen LogP contribution in [0.4, 0.5) is 16.0 Å². The zero-order valence-corrected chi connectivity index (χ0v) is 16.6. The van der Waals surface area contributed by atoms with E-state index in [9.17, 15) is 9.18 Å². The number of anilines is 2. The van der Waals surface area contributed by atoms with Gasteiger partial charge in [-0.2, -0.15) is 0 Å². The Morgan fingerprint density at radius 3 is 2.14 bits per heavy atom. The molecule has 1 amide bonds. The minimum atomic E-state index is -0.206. The van der Waals surface area contributed by atoms with Crippen molar-refractivity contribution in [2.45, 2.75) is 6.42 Å². The van der Waals surface area contributed by atoms with Crippen LogP contribution < -0.4 is 9.80 Å². The first-order valence-electron chi connectivity index (χ1n) is 10.2. The molecule has 4 rings (SSSR count). The highest BCUT2D eigenvalue weighted by atomic mass is 19.1. The van der Waals surface area contributed by atoms with Gasteiger partial charge in [-0.3, -0.25) is 9.69 Å². The molecule has 2 aromatic rings. The molecule has 0 spiro atoms. The topological polar surface area (TPSA) is 55.8 Å². The molecule has 0 radical (unpaired) electrons. The summed E-state index contributed by atoms with van der Waals surface area (Å²) in [4.78, 5) is 29.9. The fourth-order valence-electron chi connectivity index (χ4n) is 3.90. The Bertz CT molecular complexity index is 787. The molecule has 7 nitrogen and oxygen atoms in total. The van der Waals surface area contributed by atoms with E-state index in [0.717, 1.165) is 70.5 Å². The van der Waals surface area contributed by atoms with Gasteiger partial charge in [-0.1, -0.05) is 0 Å². The summed E-state index contributed by atoms with van der Waals surface area (Å²) in [6.45, 7) is 7.40. The van der Waals surface area contributed by atoms with Crippen molar-refractivity contribution < 1.29 is 9.18 Å². The standard InChI is InChI=1S/C21H27FN6O/c22-18-2-4-19(5-3-18)26-12-10-25(11-13-26)9-6-20(29)27-14-16-28(17-15-27)21-23-7-1-8-24-21/h1-5,7-8H,6,9-17H2. The highest BCUT2D eigenvalue weighted by molar-refractivity contribution is 5.76. The summed E-state index contributed by atoms with van der Waals surface area (Å²) in [5.74, 6) is 0.751. The monoisotopic (exact) mass is 398 g/mol. The van der Waals surface area contributed by atoms with Crippen LogP contribution in [0, 0.1) is 5.82 Å². The average molecular weight is 398 g/mol. The van der Waals surface area contributed by atoms with Crippen LogP contribution in [0.1, 0.15) is 6.42 Å². The number of piperazine rings is 2. The highest BCUT2D eigenvalue weighted by Gasteiger charge is 2.23. The summed E-state index contributed by atoms with van der Waals surface area (Å²) in [5.41, 5.74) is 1.06. The Kier molecular flexibility index (Phi) is 6.19. The van der Waals surface area contributed by atoms with Gasteiger partial charge < -0.3 is 14.7 Å². The average Bonchev–Trinajstić information content (AvgIpc) is 2.79. The third kappa shape index (κ3) is 5.00. The summed E-state index contributed by atoms with van der Waals surface area (Å²) in [6, 6.07) is 8.47. The van der Waals surface area contributed by atoms with E-state index in [-0.39, 0.29) is 11.7 Å². The molecule has 1 aromatic heterocycles. The van der Waals surface area contributed by atoms with E-state index in [1.807, 2.05) is 23.1 Å². The number of hydrogen-bond donors (Lipinski definition) is 0. The van der Waals surface area contributed by atoms with Gasteiger partial charge in [0.25, 0.3) is 0 Å².